The van der Waals surface area contributed by atoms with Crippen LogP contribution in [0.25, 0.3) is 16.7 Å². The molecule has 43 heavy (non-hydrogen) atoms. The maximum atomic E-state index is 12.5. The zero-order chi connectivity index (χ0) is 31.6. The highest BCUT2D eigenvalue weighted by Gasteiger charge is 2.29. The van der Waals surface area contributed by atoms with Crippen molar-refractivity contribution in [2.75, 3.05) is 46.3 Å². The van der Waals surface area contributed by atoms with Gasteiger partial charge in [-0.15, -0.1) is 0 Å². The zero-order valence-corrected chi connectivity index (χ0v) is 27.5. The van der Waals surface area contributed by atoms with Crippen molar-refractivity contribution >= 4 is 17.0 Å². The fourth-order valence-electron chi connectivity index (χ4n) is 5.24. The molecular weight excluding hydrogens is 538 g/mol. The molecule has 10 nitrogen and oxygen atoms in total. The van der Waals surface area contributed by atoms with Crippen LogP contribution in [0.1, 0.15) is 72.1 Å². The molecule has 10 heteroatoms. The van der Waals surface area contributed by atoms with Crippen LogP contribution < -0.4 is 27.8 Å². The van der Waals surface area contributed by atoms with Gasteiger partial charge in [-0.1, -0.05) is 53.7 Å². The lowest BCUT2D eigenvalue weighted by molar-refractivity contribution is 0.100. The molecule has 0 saturated carbocycles. The summed E-state index contributed by atoms with van der Waals surface area (Å²) >= 11 is 0. The quantitative estimate of drug-likeness (QED) is 0.137. The van der Waals surface area contributed by atoms with Crippen molar-refractivity contribution in [3.8, 4) is 5.69 Å². The van der Waals surface area contributed by atoms with Crippen LogP contribution in [0.3, 0.4) is 0 Å². The molecule has 0 amide bonds. The van der Waals surface area contributed by atoms with E-state index in [4.69, 9.17) is 11.5 Å². The summed E-state index contributed by atoms with van der Waals surface area (Å²) in [5.74, 6) is 1.01. The molecule has 1 atom stereocenters. The first kappa shape index (κ1) is 34.3. The second-order valence-electron chi connectivity index (χ2n) is 13.7. The smallest absolute Gasteiger partial charge is 0.354 e. The maximum Gasteiger partial charge on any atom is 0.354 e. The molecule has 0 radical (unpaired) electrons. The number of aliphatic imine (C=N–C) groups is 1. The summed E-state index contributed by atoms with van der Waals surface area (Å²) in [7, 11) is 2.03. The number of aromatic amines is 1. The Balaban J connectivity index is 0.000000303. The molecule has 3 aromatic rings. The van der Waals surface area contributed by atoms with Crippen LogP contribution in [0.15, 0.2) is 46.3 Å². The van der Waals surface area contributed by atoms with Gasteiger partial charge in [-0.25, -0.2) is 4.79 Å². The Morgan fingerprint density at radius 2 is 1.84 bits per heavy atom. The lowest BCUT2D eigenvalue weighted by Crippen LogP contribution is -2.42. The highest BCUT2D eigenvalue weighted by Crippen LogP contribution is 2.33. The normalized spacial score (nSPS) is 16.1. The van der Waals surface area contributed by atoms with Gasteiger partial charge in [0.2, 0.25) is 0 Å². The topological polar surface area (TPSA) is 142 Å². The van der Waals surface area contributed by atoms with Crippen molar-refractivity contribution in [3.63, 3.8) is 0 Å². The Hall–Kier alpha value is -3.21. The van der Waals surface area contributed by atoms with Crippen LogP contribution >= 0.6 is 0 Å². The van der Waals surface area contributed by atoms with E-state index in [1.54, 1.807) is 4.57 Å². The second kappa shape index (κ2) is 15.5. The minimum Gasteiger partial charge on any atom is -0.370 e. The van der Waals surface area contributed by atoms with E-state index in [-0.39, 0.29) is 17.1 Å². The van der Waals surface area contributed by atoms with E-state index in [0.29, 0.717) is 17.6 Å². The Kier molecular flexibility index (Phi) is 12.4. The lowest BCUT2D eigenvalue weighted by atomic mass is 9.76. The number of guanidine groups is 1. The number of likely N-dealkylation sites (tertiary alicyclic amines) is 1. The third-order valence-electron chi connectivity index (χ3n) is 8.07. The van der Waals surface area contributed by atoms with Crippen LogP contribution in [0.5, 0.6) is 0 Å². The van der Waals surface area contributed by atoms with Crippen molar-refractivity contribution in [1.82, 2.24) is 30.1 Å². The summed E-state index contributed by atoms with van der Waals surface area (Å²) in [6, 6.07) is 9.93. The van der Waals surface area contributed by atoms with Gasteiger partial charge >= 0.3 is 5.69 Å². The molecule has 1 unspecified atom stereocenters. The summed E-state index contributed by atoms with van der Waals surface area (Å²) in [6.07, 6.45) is 5.50. The van der Waals surface area contributed by atoms with E-state index in [1.807, 2.05) is 37.5 Å². The van der Waals surface area contributed by atoms with Crippen molar-refractivity contribution in [3.05, 3.63) is 58.3 Å². The number of piperidine rings is 1. The number of hydrogen-bond acceptors (Lipinski definition) is 6. The van der Waals surface area contributed by atoms with Gasteiger partial charge in [-0.3, -0.25) is 9.56 Å². The van der Waals surface area contributed by atoms with E-state index >= 15 is 0 Å². The molecule has 1 aliphatic rings. The number of H-pyrrole nitrogens is 1. The van der Waals surface area contributed by atoms with E-state index < -0.39 is 0 Å². The van der Waals surface area contributed by atoms with Crippen molar-refractivity contribution in [2.45, 2.75) is 72.8 Å². The Bertz CT molecular complexity index is 1360. The molecule has 1 fully saturated rings. The maximum absolute atomic E-state index is 12.5. The van der Waals surface area contributed by atoms with Crippen molar-refractivity contribution in [2.24, 2.45) is 27.8 Å². The van der Waals surface area contributed by atoms with Crippen LogP contribution in [-0.4, -0.2) is 71.7 Å². The molecule has 4 rings (SSSR count). The highest BCUT2D eigenvalue weighted by atomic mass is 16.1. The number of fused-ring (bicyclic) bond motifs is 1. The van der Waals surface area contributed by atoms with Gasteiger partial charge < -0.3 is 32.0 Å². The molecular formula is C33H55N9O. The molecule has 1 aromatic carbocycles. The number of rotatable bonds is 10. The number of aromatic nitrogens is 3. The summed E-state index contributed by atoms with van der Waals surface area (Å²) < 4.78 is 1.58. The van der Waals surface area contributed by atoms with Crippen molar-refractivity contribution in [1.29, 1.82) is 0 Å². The Morgan fingerprint density at radius 3 is 2.47 bits per heavy atom. The van der Waals surface area contributed by atoms with Crippen LogP contribution in [0.4, 0.5) is 0 Å². The third kappa shape index (κ3) is 10.8. The average Bonchev–Trinajstić information content (AvgIpc) is 3.37. The number of nitrogens with two attached hydrogens (primary N) is 2. The molecule has 0 spiro atoms. The standard InChI is InChI=1S/C21H29N7O.C12H26N2/c1-21(2,3)17-11-15-13-28(20(29)27-18(15)26-17)16-7-5-14(6-8-16)12-24-9-4-10-25-19(22)23;1-12(2,3)11-6-5-8-14(10-11)9-7-13-4/h5-8,11,13,24H,4,9-10,12H2,1-3H3,(H4,22,23,25)(H,26,27,29);11,13H,5-10H2,1-4H3. The molecule has 1 aliphatic heterocycles. The van der Waals surface area contributed by atoms with E-state index in [0.717, 1.165) is 54.3 Å². The number of nitrogens with zero attached hydrogens (tertiary/aromatic N) is 4. The molecule has 7 N–H and O–H groups in total. The number of nitrogens with one attached hydrogen (secondary N) is 3. The molecule has 0 aliphatic carbocycles. The van der Waals surface area contributed by atoms with Crippen molar-refractivity contribution < 1.29 is 0 Å². The SMILES string of the molecule is CC(C)(C)c1cc2cn(-c3ccc(CNCCCN=C(N)N)cc3)c(=O)nc2[nH]1.CNCCN1CCCC(C(C)(C)C)C1. The predicted molar refractivity (Wildman–Crippen MR) is 180 cm³/mol. The second-order valence-corrected chi connectivity index (χ2v) is 13.7. The fourth-order valence-corrected chi connectivity index (χ4v) is 5.24. The first-order valence-corrected chi connectivity index (χ1v) is 15.6. The van der Waals surface area contributed by atoms with Gasteiger partial charge in [0.25, 0.3) is 0 Å². The van der Waals surface area contributed by atoms with Gasteiger partial charge in [-0.2, -0.15) is 4.98 Å². The summed E-state index contributed by atoms with van der Waals surface area (Å²) in [6.45, 7) is 20.6. The van der Waals surface area contributed by atoms with Crippen LogP contribution in [0, 0.1) is 11.3 Å². The predicted octanol–water partition coefficient (Wildman–Crippen LogP) is 3.73. The monoisotopic (exact) mass is 593 g/mol. The summed E-state index contributed by atoms with van der Waals surface area (Å²) in [5, 5.41) is 7.50. The number of likely N-dealkylation sites (N-methyl/N-ethyl adjacent to an activating group) is 1. The molecule has 3 heterocycles. The largest absolute Gasteiger partial charge is 0.370 e. The van der Waals surface area contributed by atoms with Gasteiger partial charge in [-0.05, 0) is 74.5 Å². The summed E-state index contributed by atoms with van der Waals surface area (Å²) in [4.78, 5) is 26.5. The van der Waals surface area contributed by atoms with Crippen LogP contribution in [0.2, 0.25) is 0 Å². The highest BCUT2D eigenvalue weighted by molar-refractivity contribution is 5.76. The molecule has 1 saturated heterocycles. The first-order valence-electron chi connectivity index (χ1n) is 15.6. The fraction of sp³-hybridized carbons (Fsp3) is 0.606. The number of benzene rings is 1. The van der Waals surface area contributed by atoms with E-state index in [2.05, 4.69) is 78.1 Å². The lowest BCUT2D eigenvalue weighted by Gasteiger charge is -2.39. The van der Waals surface area contributed by atoms with Gasteiger partial charge in [0.15, 0.2) is 5.96 Å². The summed E-state index contributed by atoms with van der Waals surface area (Å²) in [5.41, 5.74) is 14.3. The Morgan fingerprint density at radius 1 is 1.12 bits per heavy atom. The average molecular weight is 594 g/mol. The van der Waals surface area contributed by atoms with Crippen LogP contribution in [-0.2, 0) is 12.0 Å². The van der Waals surface area contributed by atoms with Gasteiger partial charge in [0, 0.05) is 55.4 Å². The number of hydrogen-bond donors (Lipinski definition) is 5. The third-order valence-corrected chi connectivity index (χ3v) is 8.07. The minimum atomic E-state index is -0.301. The zero-order valence-electron chi connectivity index (χ0n) is 27.5. The van der Waals surface area contributed by atoms with Gasteiger partial charge in [0.05, 0.1) is 5.69 Å². The van der Waals surface area contributed by atoms with E-state index in [1.165, 1.54) is 32.5 Å². The van der Waals surface area contributed by atoms with Gasteiger partial charge in [0.1, 0.15) is 5.65 Å². The molecule has 238 valence electrons. The van der Waals surface area contributed by atoms with E-state index in [9.17, 15) is 4.79 Å². The Labute approximate surface area is 257 Å². The first-order chi connectivity index (χ1) is 20.3. The molecule has 2 aromatic heterocycles. The molecule has 0 bridgehead atoms. The minimum absolute atomic E-state index is 0.0352.